The summed E-state index contributed by atoms with van der Waals surface area (Å²) in [7, 11) is 2.14. The highest BCUT2D eigenvalue weighted by atomic mass is 16.5. The Morgan fingerprint density at radius 2 is 1.96 bits per heavy atom. The minimum Gasteiger partial charge on any atom is -0.474 e. The second-order valence-corrected chi connectivity index (χ2v) is 6.97. The number of pyridine rings is 1. The van der Waals surface area contributed by atoms with Crippen molar-refractivity contribution >= 4 is 22.4 Å². The van der Waals surface area contributed by atoms with Crippen molar-refractivity contribution in [1.29, 1.82) is 0 Å². The van der Waals surface area contributed by atoms with Gasteiger partial charge in [0.1, 0.15) is 24.1 Å². The van der Waals surface area contributed by atoms with E-state index in [0.717, 1.165) is 48.1 Å². The van der Waals surface area contributed by atoms with Crippen LogP contribution in [0.4, 0.5) is 11.6 Å². The zero-order valence-corrected chi connectivity index (χ0v) is 15.4. The maximum absolute atomic E-state index is 6.03. The second-order valence-electron chi connectivity index (χ2n) is 6.97. The number of hydrogen-bond donors (Lipinski definition) is 2. The van der Waals surface area contributed by atoms with Gasteiger partial charge in [-0.15, -0.1) is 0 Å². The molecule has 1 aliphatic rings. The number of piperidine rings is 1. The fourth-order valence-electron chi connectivity index (χ4n) is 3.33. The number of nitrogens with zero attached hydrogens (tertiary/aromatic N) is 4. The molecule has 1 aromatic carbocycles. The summed E-state index contributed by atoms with van der Waals surface area (Å²) >= 11 is 0. The predicted molar refractivity (Wildman–Crippen MR) is 113 cm³/mol. The zero-order valence-electron chi connectivity index (χ0n) is 15.4. The average Bonchev–Trinajstić information content (AvgIpc) is 2.69. The number of aromatic nitrogens is 3. The van der Waals surface area contributed by atoms with Crippen LogP contribution in [0, 0.1) is 0 Å². The first-order valence-corrected chi connectivity index (χ1v) is 9.21. The largest absolute Gasteiger partial charge is 0.474 e. The Morgan fingerprint density at radius 1 is 1.14 bits per heavy atom. The fraction of sp³-hybridized carbons (Fsp3) is 0.381. The lowest BCUT2D eigenvalue weighted by atomic mass is 10.1. The highest BCUT2D eigenvalue weighted by Gasteiger charge is 2.18. The summed E-state index contributed by atoms with van der Waals surface area (Å²) in [6.07, 6.45) is 5.55. The van der Waals surface area contributed by atoms with Crippen molar-refractivity contribution < 1.29 is 4.74 Å². The van der Waals surface area contributed by atoms with Crippen LogP contribution in [-0.4, -0.2) is 46.1 Å². The fourth-order valence-corrected chi connectivity index (χ4v) is 3.33. The van der Waals surface area contributed by atoms with Crippen LogP contribution in [0.3, 0.4) is 0 Å². The molecule has 1 fully saturated rings. The number of rotatable bonds is 5. The minimum absolute atomic E-state index is 0. The third kappa shape index (κ3) is 4.67. The van der Waals surface area contributed by atoms with Gasteiger partial charge in [0.15, 0.2) is 0 Å². The molecule has 7 heteroatoms. The van der Waals surface area contributed by atoms with E-state index in [9.17, 15) is 0 Å². The van der Waals surface area contributed by atoms with Crippen LogP contribution in [0.25, 0.3) is 10.8 Å². The van der Waals surface area contributed by atoms with Gasteiger partial charge in [-0.3, -0.25) is 0 Å². The lowest BCUT2D eigenvalue weighted by Gasteiger charge is -2.28. The van der Waals surface area contributed by atoms with Crippen LogP contribution in [-0.2, 0) is 6.54 Å². The number of fused-ring (bicyclic) bond motifs is 1. The molecule has 3 heterocycles. The van der Waals surface area contributed by atoms with Crippen molar-refractivity contribution in [3.05, 3.63) is 48.4 Å². The summed E-state index contributed by atoms with van der Waals surface area (Å²) in [4.78, 5) is 15.0. The van der Waals surface area contributed by atoms with E-state index in [1.165, 1.54) is 0 Å². The maximum Gasteiger partial charge on any atom is 0.218 e. The standard InChI is InChI=1S/C20H24N6O.CH4/c1-26-8-5-16(6-9-26)27-19-11-18(24-13-25-19)23-12-14-2-3-17-15(10-14)4-7-22-20(17)21;/h2-4,7,10-11,13,16H,5-6,8-9,12H2,1H3,(H2,21,22)(H,23,24,25);1H4. The van der Waals surface area contributed by atoms with Crippen molar-refractivity contribution in [2.24, 2.45) is 0 Å². The van der Waals surface area contributed by atoms with Crippen LogP contribution < -0.4 is 15.8 Å². The molecule has 0 spiro atoms. The molecule has 2 aromatic heterocycles. The molecule has 28 heavy (non-hydrogen) atoms. The zero-order chi connectivity index (χ0) is 18.6. The van der Waals surface area contributed by atoms with Gasteiger partial charge in [-0.25, -0.2) is 15.0 Å². The van der Waals surface area contributed by atoms with Gasteiger partial charge in [-0.1, -0.05) is 19.6 Å². The number of nitrogens with two attached hydrogens (primary N) is 1. The number of benzene rings is 1. The first-order chi connectivity index (χ1) is 13.2. The molecule has 148 valence electrons. The highest BCUT2D eigenvalue weighted by molar-refractivity contribution is 5.91. The third-order valence-electron chi connectivity index (χ3n) is 4.93. The number of likely N-dealkylation sites (tertiary alicyclic amines) is 1. The van der Waals surface area contributed by atoms with Crippen molar-refractivity contribution in [3.63, 3.8) is 0 Å². The van der Waals surface area contributed by atoms with Crippen LogP contribution in [0.5, 0.6) is 5.88 Å². The van der Waals surface area contributed by atoms with E-state index in [1.807, 2.05) is 24.3 Å². The minimum atomic E-state index is 0. The molecular weight excluding hydrogens is 352 g/mol. The SMILES string of the molecule is C.CN1CCC(Oc2cc(NCc3ccc4c(N)nccc4c3)ncn2)CC1. The molecule has 0 aliphatic carbocycles. The van der Waals surface area contributed by atoms with Crippen molar-refractivity contribution in [1.82, 2.24) is 19.9 Å². The summed E-state index contributed by atoms with van der Waals surface area (Å²) in [6, 6.07) is 9.99. The molecule has 1 aliphatic heterocycles. The van der Waals surface area contributed by atoms with Crippen LogP contribution in [0.1, 0.15) is 25.8 Å². The molecule has 7 nitrogen and oxygen atoms in total. The van der Waals surface area contributed by atoms with Crippen molar-refractivity contribution in [3.8, 4) is 5.88 Å². The number of ether oxygens (including phenoxy) is 1. The monoisotopic (exact) mass is 380 g/mol. The first kappa shape index (κ1) is 19.8. The molecule has 0 saturated carbocycles. The van der Waals surface area contributed by atoms with E-state index in [-0.39, 0.29) is 13.5 Å². The number of nitrogen functional groups attached to an aromatic ring is 1. The van der Waals surface area contributed by atoms with Crippen molar-refractivity contribution in [2.75, 3.05) is 31.2 Å². The topological polar surface area (TPSA) is 89.2 Å². The normalized spacial score (nSPS) is 15.2. The highest BCUT2D eigenvalue weighted by Crippen LogP contribution is 2.21. The molecule has 1 saturated heterocycles. The Hall–Kier alpha value is -2.93. The molecule has 0 bridgehead atoms. The molecule has 0 unspecified atom stereocenters. The van der Waals surface area contributed by atoms with Gasteiger partial charge in [-0.2, -0.15) is 0 Å². The van der Waals surface area contributed by atoms with Gasteiger partial charge in [-0.05, 0) is 43.0 Å². The first-order valence-electron chi connectivity index (χ1n) is 9.21. The van der Waals surface area contributed by atoms with Crippen LogP contribution in [0.2, 0.25) is 0 Å². The summed E-state index contributed by atoms with van der Waals surface area (Å²) in [6.45, 7) is 2.77. The number of nitrogens with one attached hydrogen (secondary N) is 1. The van der Waals surface area contributed by atoms with Gasteiger partial charge >= 0.3 is 0 Å². The lowest BCUT2D eigenvalue weighted by Crippen LogP contribution is -2.35. The second kappa shape index (κ2) is 8.84. The summed E-state index contributed by atoms with van der Waals surface area (Å²) < 4.78 is 6.03. The molecule has 0 amide bonds. The molecule has 3 N–H and O–H groups in total. The van der Waals surface area contributed by atoms with Gasteiger partial charge < -0.3 is 20.7 Å². The summed E-state index contributed by atoms with van der Waals surface area (Å²) in [5.41, 5.74) is 7.06. The Labute approximate surface area is 166 Å². The predicted octanol–water partition coefficient (Wildman–Crippen LogP) is 3.33. The summed E-state index contributed by atoms with van der Waals surface area (Å²) in [5.74, 6) is 1.93. The molecule has 0 atom stereocenters. The Morgan fingerprint density at radius 3 is 2.79 bits per heavy atom. The van der Waals surface area contributed by atoms with Crippen LogP contribution >= 0.6 is 0 Å². The van der Waals surface area contributed by atoms with E-state index in [0.29, 0.717) is 18.2 Å². The van der Waals surface area contributed by atoms with E-state index in [1.54, 1.807) is 12.5 Å². The van der Waals surface area contributed by atoms with Gasteiger partial charge in [0, 0.05) is 37.3 Å². The molecule has 4 rings (SSSR count). The molecule has 3 aromatic rings. The number of hydrogen-bond acceptors (Lipinski definition) is 7. The third-order valence-corrected chi connectivity index (χ3v) is 4.93. The Balaban J connectivity index is 0.00000225. The molecular formula is C21H28N6O. The Bertz CT molecular complexity index is 924. The van der Waals surface area contributed by atoms with E-state index >= 15 is 0 Å². The average molecular weight is 380 g/mol. The quantitative estimate of drug-likeness (QED) is 0.702. The smallest absolute Gasteiger partial charge is 0.218 e. The maximum atomic E-state index is 6.03. The van der Waals surface area contributed by atoms with Gasteiger partial charge in [0.25, 0.3) is 0 Å². The van der Waals surface area contributed by atoms with E-state index in [4.69, 9.17) is 10.5 Å². The molecule has 0 radical (unpaired) electrons. The Kier molecular flexibility index (Phi) is 6.26. The van der Waals surface area contributed by atoms with Gasteiger partial charge in [0.05, 0.1) is 0 Å². The van der Waals surface area contributed by atoms with Gasteiger partial charge in [0.2, 0.25) is 5.88 Å². The van der Waals surface area contributed by atoms with E-state index in [2.05, 4.69) is 38.3 Å². The van der Waals surface area contributed by atoms with Crippen molar-refractivity contribution in [2.45, 2.75) is 32.9 Å². The van der Waals surface area contributed by atoms with Crippen LogP contribution in [0.15, 0.2) is 42.9 Å². The van der Waals surface area contributed by atoms with E-state index < -0.39 is 0 Å². The number of anilines is 2. The lowest BCUT2D eigenvalue weighted by molar-refractivity contribution is 0.110. The summed E-state index contributed by atoms with van der Waals surface area (Å²) in [5, 5.41) is 5.39.